The maximum atomic E-state index is 12.6. The maximum Gasteiger partial charge on any atom is 0.251 e. The van der Waals surface area contributed by atoms with Gasteiger partial charge < -0.3 is 11.1 Å². The van der Waals surface area contributed by atoms with E-state index in [2.05, 4.69) is 20.3 Å². The average Bonchev–Trinajstić information content (AvgIpc) is 3.20. The number of carbonyl (C=O) groups excluding carboxylic acids is 1. The van der Waals surface area contributed by atoms with Crippen molar-refractivity contribution in [1.82, 2.24) is 24.7 Å². The molecule has 0 aliphatic heterocycles. The van der Waals surface area contributed by atoms with Crippen LogP contribution in [0.25, 0.3) is 16.0 Å². The number of carbonyl (C=O) groups is 1. The summed E-state index contributed by atoms with van der Waals surface area (Å²) in [7, 11) is 0. The van der Waals surface area contributed by atoms with Crippen LogP contribution in [-0.4, -0.2) is 25.3 Å². The van der Waals surface area contributed by atoms with Gasteiger partial charge in [-0.1, -0.05) is 18.3 Å². The van der Waals surface area contributed by atoms with Gasteiger partial charge in [-0.2, -0.15) is 0 Å². The van der Waals surface area contributed by atoms with E-state index in [0.29, 0.717) is 16.5 Å². The summed E-state index contributed by atoms with van der Waals surface area (Å²) in [6, 6.07) is 7.06. The lowest BCUT2D eigenvalue weighted by Gasteiger charge is -2.14. The molecule has 0 radical (unpaired) electrons. The van der Waals surface area contributed by atoms with E-state index >= 15 is 0 Å². The molecule has 1 atom stereocenters. The molecule has 4 rings (SSSR count). The number of imidazole rings is 1. The summed E-state index contributed by atoms with van der Waals surface area (Å²) in [6.07, 6.45) is 6.19. The van der Waals surface area contributed by atoms with Crippen molar-refractivity contribution in [2.75, 3.05) is 5.73 Å². The molecule has 1 amide bonds. The summed E-state index contributed by atoms with van der Waals surface area (Å²) in [5, 5.41) is 3.53. The number of hydrogen-bond donors (Lipinski definition) is 2. The summed E-state index contributed by atoms with van der Waals surface area (Å²) in [5.74, 6) is 0.454. The number of nitrogen functional groups attached to an aromatic ring is 1. The number of amides is 1. The molecule has 4 aromatic rings. The van der Waals surface area contributed by atoms with Crippen LogP contribution >= 0.6 is 11.3 Å². The predicted molar refractivity (Wildman–Crippen MR) is 97.5 cm³/mol. The number of hydrogen-bond acceptors (Lipinski definition) is 6. The number of rotatable bonds is 4. The number of nitrogens with zero attached hydrogens (tertiary/aromatic N) is 4. The van der Waals surface area contributed by atoms with Crippen molar-refractivity contribution in [2.24, 2.45) is 0 Å². The zero-order chi connectivity index (χ0) is 17.4. The second-order valence-electron chi connectivity index (χ2n) is 5.66. The Morgan fingerprint density at radius 1 is 1.40 bits per heavy atom. The smallest absolute Gasteiger partial charge is 0.251 e. The molecule has 3 aromatic heterocycles. The van der Waals surface area contributed by atoms with Crippen molar-refractivity contribution in [2.45, 2.75) is 19.4 Å². The minimum Gasteiger partial charge on any atom is -0.375 e. The van der Waals surface area contributed by atoms with Gasteiger partial charge in [0.15, 0.2) is 5.13 Å². The van der Waals surface area contributed by atoms with Gasteiger partial charge in [-0.05, 0) is 30.7 Å². The third-order valence-corrected chi connectivity index (χ3v) is 4.86. The fraction of sp³-hybridized carbons (Fsp3) is 0.176. The second kappa shape index (κ2) is 6.14. The van der Waals surface area contributed by atoms with Crippen molar-refractivity contribution in [3.63, 3.8) is 0 Å². The lowest BCUT2D eigenvalue weighted by Crippen LogP contribution is -2.28. The molecule has 0 saturated carbocycles. The summed E-state index contributed by atoms with van der Waals surface area (Å²) in [4.78, 5) is 25.6. The molecule has 126 valence electrons. The van der Waals surface area contributed by atoms with Gasteiger partial charge in [0.1, 0.15) is 0 Å². The third kappa shape index (κ3) is 2.91. The number of anilines is 1. The number of nitrogens with two attached hydrogens (primary N) is 1. The van der Waals surface area contributed by atoms with E-state index in [0.717, 1.165) is 22.3 Å². The fourth-order valence-electron chi connectivity index (χ4n) is 2.73. The van der Waals surface area contributed by atoms with E-state index in [1.807, 2.05) is 35.9 Å². The normalized spacial score (nSPS) is 12.5. The Bertz CT molecular complexity index is 1040. The van der Waals surface area contributed by atoms with Crippen molar-refractivity contribution < 1.29 is 4.79 Å². The van der Waals surface area contributed by atoms with Crippen LogP contribution in [0.2, 0.25) is 0 Å². The topological polar surface area (TPSA) is 98.2 Å². The first-order chi connectivity index (χ1) is 12.1. The van der Waals surface area contributed by atoms with Gasteiger partial charge in [0.05, 0.1) is 22.0 Å². The minimum absolute atomic E-state index is 0.162. The van der Waals surface area contributed by atoms with E-state index in [1.165, 1.54) is 11.3 Å². The number of benzene rings is 1. The number of nitrogens with one attached hydrogen (secondary N) is 1. The van der Waals surface area contributed by atoms with E-state index < -0.39 is 0 Å². The number of fused-ring (bicyclic) bond motifs is 2. The van der Waals surface area contributed by atoms with Crippen LogP contribution in [-0.2, 0) is 0 Å². The van der Waals surface area contributed by atoms with Crippen molar-refractivity contribution in [3.8, 4) is 0 Å². The SMILES string of the molecule is CCC(NC(=O)c1ccc2sc(N)nc2c1)c1cn2cccnc2n1. The van der Waals surface area contributed by atoms with Crippen LogP contribution < -0.4 is 11.1 Å². The largest absolute Gasteiger partial charge is 0.375 e. The molecule has 25 heavy (non-hydrogen) atoms. The van der Waals surface area contributed by atoms with Crippen LogP contribution in [0.1, 0.15) is 35.4 Å². The molecule has 0 fully saturated rings. The Kier molecular flexibility index (Phi) is 3.81. The van der Waals surface area contributed by atoms with Gasteiger partial charge in [-0.15, -0.1) is 0 Å². The number of thiazole rings is 1. The van der Waals surface area contributed by atoms with E-state index in [-0.39, 0.29) is 11.9 Å². The molecule has 7 nitrogen and oxygen atoms in total. The first kappa shape index (κ1) is 15.5. The van der Waals surface area contributed by atoms with Crippen LogP contribution in [0.15, 0.2) is 42.9 Å². The van der Waals surface area contributed by atoms with Gasteiger partial charge in [-0.3, -0.25) is 9.20 Å². The van der Waals surface area contributed by atoms with E-state index in [1.54, 1.807) is 18.3 Å². The molecule has 0 aliphatic carbocycles. The van der Waals surface area contributed by atoms with E-state index in [9.17, 15) is 4.79 Å². The molecule has 3 heterocycles. The third-order valence-electron chi connectivity index (χ3n) is 3.99. The summed E-state index contributed by atoms with van der Waals surface area (Å²) in [6.45, 7) is 2.01. The molecule has 0 bridgehead atoms. The Balaban J connectivity index is 1.60. The van der Waals surface area contributed by atoms with Crippen molar-refractivity contribution in [3.05, 3.63) is 54.1 Å². The first-order valence-electron chi connectivity index (χ1n) is 7.90. The lowest BCUT2D eigenvalue weighted by atomic mass is 10.1. The summed E-state index contributed by atoms with van der Waals surface area (Å²) >= 11 is 1.41. The fourth-order valence-corrected chi connectivity index (χ4v) is 3.44. The van der Waals surface area contributed by atoms with E-state index in [4.69, 9.17) is 5.73 Å². The minimum atomic E-state index is -0.189. The zero-order valence-corrected chi connectivity index (χ0v) is 14.3. The van der Waals surface area contributed by atoms with Crippen LogP contribution in [0.5, 0.6) is 0 Å². The first-order valence-corrected chi connectivity index (χ1v) is 8.72. The Labute approximate surface area is 147 Å². The Hall–Kier alpha value is -3.00. The van der Waals surface area contributed by atoms with Crippen molar-refractivity contribution >= 4 is 38.4 Å². The molecule has 1 aromatic carbocycles. The van der Waals surface area contributed by atoms with Crippen LogP contribution in [0, 0.1) is 0 Å². The molecule has 0 saturated heterocycles. The highest BCUT2D eigenvalue weighted by Gasteiger charge is 2.18. The molecular formula is C17H16N6OS. The molecule has 3 N–H and O–H groups in total. The van der Waals surface area contributed by atoms with Gasteiger partial charge in [0, 0.05) is 24.2 Å². The standard InChI is InChI=1S/C17H16N6OS/c1-2-11(13-9-23-7-3-6-19-17(23)22-13)20-15(24)10-4-5-14-12(8-10)21-16(18)25-14/h3-9,11H,2H2,1H3,(H2,18,21)(H,20,24). The lowest BCUT2D eigenvalue weighted by molar-refractivity contribution is 0.0935. The Morgan fingerprint density at radius 2 is 2.28 bits per heavy atom. The molecule has 8 heteroatoms. The van der Waals surface area contributed by atoms with Gasteiger partial charge >= 0.3 is 0 Å². The highest BCUT2D eigenvalue weighted by molar-refractivity contribution is 7.22. The highest BCUT2D eigenvalue weighted by Crippen LogP contribution is 2.25. The van der Waals surface area contributed by atoms with Gasteiger partial charge in [0.2, 0.25) is 5.78 Å². The monoisotopic (exact) mass is 352 g/mol. The molecule has 1 unspecified atom stereocenters. The zero-order valence-electron chi connectivity index (χ0n) is 13.5. The van der Waals surface area contributed by atoms with Crippen molar-refractivity contribution in [1.29, 1.82) is 0 Å². The quantitative estimate of drug-likeness (QED) is 0.588. The maximum absolute atomic E-state index is 12.6. The van der Waals surface area contributed by atoms with Gasteiger partial charge in [0.25, 0.3) is 5.91 Å². The molecule has 0 spiro atoms. The van der Waals surface area contributed by atoms with Crippen LogP contribution in [0.4, 0.5) is 5.13 Å². The summed E-state index contributed by atoms with van der Waals surface area (Å²) < 4.78 is 2.81. The molecule has 0 aliphatic rings. The Morgan fingerprint density at radius 3 is 3.08 bits per heavy atom. The molecular weight excluding hydrogens is 336 g/mol. The highest BCUT2D eigenvalue weighted by atomic mass is 32.1. The second-order valence-corrected chi connectivity index (χ2v) is 6.72. The number of aromatic nitrogens is 4. The average molecular weight is 352 g/mol. The summed E-state index contributed by atoms with van der Waals surface area (Å²) in [5.41, 5.74) is 7.80. The predicted octanol–water partition coefficient (Wildman–Crippen LogP) is 2.80. The van der Waals surface area contributed by atoms with Gasteiger partial charge in [-0.25, -0.2) is 15.0 Å². The van der Waals surface area contributed by atoms with Crippen LogP contribution in [0.3, 0.4) is 0 Å².